The lowest BCUT2D eigenvalue weighted by Gasteiger charge is -2.20. The minimum atomic E-state index is -0.827. The summed E-state index contributed by atoms with van der Waals surface area (Å²) in [5.74, 6) is -0.677. The van der Waals surface area contributed by atoms with E-state index < -0.39 is 6.10 Å². The normalized spacial score (nSPS) is 14.3. The summed E-state index contributed by atoms with van der Waals surface area (Å²) >= 11 is 0. The Bertz CT molecular complexity index is 1010. The van der Waals surface area contributed by atoms with Crippen LogP contribution in [0.25, 0.3) is 11.1 Å². The van der Waals surface area contributed by atoms with E-state index in [2.05, 4.69) is 18.2 Å². The molecule has 0 spiro atoms. The minimum absolute atomic E-state index is 0.0125. The first-order valence-corrected chi connectivity index (χ1v) is 9.33. The zero-order valence-electron chi connectivity index (χ0n) is 15.6. The van der Waals surface area contributed by atoms with Crippen molar-refractivity contribution in [3.63, 3.8) is 0 Å². The average molecular weight is 371 g/mol. The van der Waals surface area contributed by atoms with Crippen molar-refractivity contribution in [1.82, 2.24) is 4.90 Å². The summed E-state index contributed by atoms with van der Waals surface area (Å²) < 4.78 is 0. The second-order valence-electron chi connectivity index (χ2n) is 7.08. The number of aliphatic hydroxyl groups is 1. The van der Waals surface area contributed by atoms with Crippen LogP contribution in [-0.2, 0) is 6.42 Å². The quantitative estimate of drug-likeness (QED) is 0.693. The van der Waals surface area contributed by atoms with Crippen molar-refractivity contribution in [2.45, 2.75) is 19.4 Å². The second kappa shape index (κ2) is 7.41. The molecule has 3 aromatic rings. The third-order valence-electron chi connectivity index (χ3n) is 5.26. The Morgan fingerprint density at radius 3 is 2.00 bits per heavy atom. The Kier molecular flexibility index (Phi) is 4.80. The van der Waals surface area contributed by atoms with Crippen molar-refractivity contribution in [2.75, 3.05) is 6.54 Å². The van der Waals surface area contributed by atoms with Crippen LogP contribution in [0, 0.1) is 6.92 Å². The maximum absolute atomic E-state index is 12.5. The van der Waals surface area contributed by atoms with Gasteiger partial charge in [-0.25, -0.2) is 0 Å². The van der Waals surface area contributed by atoms with Crippen LogP contribution in [0.3, 0.4) is 0 Å². The number of aliphatic hydroxyl groups excluding tert-OH is 1. The Hall–Kier alpha value is -3.24. The summed E-state index contributed by atoms with van der Waals surface area (Å²) in [6.45, 7) is 2.02. The van der Waals surface area contributed by atoms with Gasteiger partial charge < -0.3 is 5.11 Å². The topological polar surface area (TPSA) is 57.6 Å². The average Bonchev–Trinajstić information content (AvgIpc) is 2.95. The summed E-state index contributed by atoms with van der Waals surface area (Å²) in [7, 11) is 0. The minimum Gasteiger partial charge on any atom is -0.391 e. The molecule has 0 bridgehead atoms. The molecule has 1 unspecified atom stereocenters. The predicted octanol–water partition coefficient (Wildman–Crippen LogP) is 3.86. The number of imide groups is 1. The van der Waals surface area contributed by atoms with Crippen LogP contribution < -0.4 is 0 Å². The fraction of sp³-hybridized carbons (Fsp3) is 0.167. The molecule has 1 aliphatic heterocycles. The lowest BCUT2D eigenvalue weighted by molar-refractivity contribution is 0.0544. The maximum Gasteiger partial charge on any atom is 0.261 e. The molecule has 4 nitrogen and oxygen atoms in total. The zero-order valence-corrected chi connectivity index (χ0v) is 15.6. The van der Waals surface area contributed by atoms with E-state index >= 15 is 0 Å². The molecule has 0 radical (unpaired) electrons. The van der Waals surface area contributed by atoms with Gasteiger partial charge in [-0.2, -0.15) is 0 Å². The van der Waals surface area contributed by atoms with Crippen molar-refractivity contribution in [3.05, 3.63) is 95.1 Å². The largest absolute Gasteiger partial charge is 0.391 e. The van der Waals surface area contributed by atoms with Gasteiger partial charge in [0.1, 0.15) is 0 Å². The van der Waals surface area contributed by atoms with E-state index in [0.29, 0.717) is 17.5 Å². The van der Waals surface area contributed by atoms with Crippen LogP contribution >= 0.6 is 0 Å². The molecule has 2 amide bonds. The number of hydrogen-bond donors (Lipinski definition) is 1. The molecule has 3 aromatic carbocycles. The maximum atomic E-state index is 12.5. The molecule has 1 heterocycles. The van der Waals surface area contributed by atoms with Gasteiger partial charge in [-0.05, 0) is 41.3 Å². The van der Waals surface area contributed by atoms with Gasteiger partial charge in [0.05, 0.1) is 23.8 Å². The smallest absolute Gasteiger partial charge is 0.261 e. The number of amides is 2. The first kappa shape index (κ1) is 18.1. The molecule has 0 saturated carbocycles. The molecule has 0 aliphatic carbocycles. The fourth-order valence-electron chi connectivity index (χ4n) is 3.77. The molecule has 1 N–H and O–H groups in total. The molecule has 0 saturated heterocycles. The summed E-state index contributed by atoms with van der Waals surface area (Å²) in [5.41, 5.74) is 5.15. The second-order valence-corrected chi connectivity index (χ2v) is 7.08. The number of carbonyl (C=O) groups is 2. The number of hydrogen-bond acceptors (Lipinski definition) is 3. The van der Waals surface area contributed by atoms with E-state index in [0.717, 1.165) is 27.2 Å². The highest BCUT2D eigenvalue weighted by molar-refractivity contribution is 6.21. The van der Waals surface area contributed by atoms with Gasteiger partial charge in [0, 0.05) is 6.42 Å². The van der Waals surface area contributed by atoms with Gasteiger partial charge in [-0.1, -0.05) is 60.7 Å². The van der Waals surface area contributed by atoms with E-state index in [4.69, 9.17) is 0 Å². The number of nitrogens with zero attached hydrogens (tertiary/aromatic N) is 1. The Morgan fingerprint density at radius 2 is 1.36 bits per heavy atom. The first-order valence-electron chi connectivity index (χ1n) is 9.33. The van der Waals surface area contributed by atoms with Gasteiger partial charge in [0.15, 0.2) is 0 Å². The Labute approximate surface area is 164 Å². The van der Waals surface area contributed by atoms with Gasteiger partial charge in [0.2, 0.25) is 0 Å². The lowest BCUT2D eigenvalue weighted by Crippen LogP contribution is -2.37. The standard InChI is InChI=1S/C24H21NO3/c1-16-18(10-7-13-20(16)17-8-3-2-4-9-17)14-19(26)15-25-23(27)21-11-5-6-12-22(21)24(25)28/h2-13,19,26H,14-15H2,1H3. The molecule has 1 aliphatic rings. The van der Waals surface area contributed by atoms with Crippen LogP contribution in [0.5, 0.6) is 0 Å². The zero-order chi connectivity index (χ0) is 19.7. The van der Waals surface area contributed by atoms with Crippen LogP contribution in [0.4, 0.5) is 0 Å². The van der Waals surface area contributed by atoms with Gasteiger partial charge in [-0.3, -0.25) is 14.5 Å². The number of β-amino-alcohol motifs (C(OH)–C–C–N with tert-alkyl or cyclic N) is 1. The van der Waals surface area contributed by atoms with E-state index in [9.17, 15) is 14.7 Å². The number of rotatable bonds is 5. The molecule has 140 valence electrons. The summed E-state index contributed by atoms with van der Waals surface area (Å²) in [6.07, 6.45) is -0.452. The van der Waals surface area contributed by atoms with Crippen molar-refractivity contribution >= 4 is 11.8 Å². The fourth-order valence-corrected chi connectivity index (χ4v) is 3.77. The highest BCUT2D eigenvalue weighted by Gasteiger charge is 2.36. The van der Waals surface area contributed by atoms with E-state index in [1.807, 2.05) is 37.3 Å². The first-order chi connectivity index (χ1) is 13.6. The third-order valence-corrected chi connectivity index (χ3v) is 5.26. The number of benzene rings is 3. The van der Waals surface area contributed by atoms with E-state index in [-0.39, 0.29) is 18.4 Å². The van der Waals surface area contributed by atoms with Crippen molar-refractivity contribution < 1.29 is 14.7 Å². The van der Waals surface area contributed by atoms with Crippen molar-refractivity contribution in [1.29, 1.82) is 0 Å². The molecule has 0 aromatic heterocycles. The molecule has 0 fully saturated rings. The summed E-state index contributed by atoms with van der Waals surface area (Å²) in [4.78, 5) is 26.1. The lowest BCUT2D eigenvalue weighted by atomic mass is 9.94. The summed E-state index contributed by atoms with van der Waals surface area (Å²) in [6, 6.07) is 22.9. The van der Waals surface area contributed by atoms with Crippen LogP contribution in [0.15, 0.2) is 72.8 Å². The molecule has 1 atom stereocenters. The van der Waals surface area contributed by atoms with Crippen LogP contribution in [-0.4, -0.2) is 34.5 Å². The van der Waals surface area contributed by atoms with Crippen molar-refractivity contribution in [3.8, 4) is 11.1 Å². The SMILES string of the molecule is Cc1c(CC(O)CN2C(=O)c3ccccc3C2=O)cccc1-c1ccccc1. The number of carbonyl (C=O) groups excluding carboxylic acids is 2. The molecule has 4 rings (SSSR count). The van der Waals surface area contributed by atoms with Crippen molar-refractivity contribution in [2.24, 2.45) is 0 Å². The third kappa shape index (κ3) is 3.23. The van der Waals surface area contributed by atoms with Gasteiger partial charge in [0.25, 0.3) is 11.8 Å². The molecule has 28 heavy (non-hydrogen) atoms. The molecule has 4 heteroatoms. The monoisotopic (exact) mass is 371 g/mol. The Balaban J connectivity index is 1.52. The summed E-state index contributed by atoms with van der Waals surface area (Å²) in [5, 5.41) is 10.6. The molecular formula is C24H21NO3. The van der Waals surface area contributed by atoms with Gasteiger partial charge in [-0.15, -0.1) is 0 Å². The van der Waals surface area contributed by atoms with Crippen LogP contribution in [0.2, 0.25) is 0 Å². The molecular weight excluding hydrogens is 350 g/mol. The van der Waals surface area contributed by atoms with E-state index in [1.54, 1.807) is 24.3 Å². The van der Waals surface area contributed by atoms with Crippen LogP contribution in [0.1, 0.15) is 31.8 Å². The Morgan fingerprint density at radius 1 is 0.786 bits per heavy atom. The predicted molar refractivity (Wildman–Crippen MR) is 108 cm³/mol. The highest BCUT2D eigenvalue weighted by Crippen LogP contribution is 2.27. The number of fused-ring (bicyclic) bond motifs is 1. The highest BCUT2D eigenvalue weighted by atomic mass is 16.3. The van der Waals surface area contributed by atoms with Gasteiger partial charge >= 0.3 is 0 Å². The van der Waals surface area contributed by atoms with E-state index in [1.165, 1.54) is 0 Å².